The van der Waals surface area contributed by atoms with Crippen LogP contribution >= 0.6 is 0 Å². The fourth-order valence-corrected chi connectivity index (χ4v) is 3.71. The molecule has 2 heterocycles. The number of nitro groups is 1. The fraction of sp³-hybridized carbons (Fsp3) is 0.273. The maximum Gasteiger partial charge on any atom is 0.276 e. The smallest absolute Gasteiger partial charge is 0.276 e. The molecule has 1 aromatic heterocycles. The molecule has 10 nitrogen and oxygen atoms in total. The molecule has 33 heavy (non-hydrogen) atoms. The Morgan fingerprint density at radius 2 is 1.73 bits per heavy atom. The minimum atomic E-state index is -0.501. The Balaban J connectivity index is 1.40. The number of hydrogen-bond donors (Lipinski definition) is 0. The predicted octanol–water partition coefficient (Wildman–Crippen LogP) is 2.15. The van der Waals surface area contributed by atoms with E-state index in [2.05, 4.69) is 10.3 Å². The second-order valence-corrected chi connectivity index (χ2v) is 7.69. The summed E-state index contributed by atoms with van der Waals surface area (Å²) in [6, 6.07) is 11.7. The first-order valence-electron chi connectivity index (χ1n) is 10.3. The van der Waals surface area contributed by atoms with Crippen LogP contribution in [0.2, 0.25) is 0 Å². The van der Waals surface area contributed by atoms with Crippen LogP contribution in [0.3, 0.4) is 0 Å². The van der Waals surface area contributed by atoms with E-state index in [9.17, 15) is 24.1 Å². The number of carbonyl (C=O) groups excluding carboxylic acids is 2. The molecule has 0 saturated carbocycles. The Bertz CT molecular complexity index is 1200. The van der Waals surface area contributed by atoms with Gasteiger partial charge in [-0.1, -0.05) is 23.4 Å². The Morgan fingerprint density at radius 3 is 2.39 bits per heavy atom. The van der Waals surface area contributed by atoms with E-state index in [0.717, 1.165) is 5.56 Å². The van der Waals surface area contributed by atoms with Crippen LogP contribution in [0.25, 0.3) is 5.69 Å². The van der Waals surface area contributed by atoms with E-state index in [-0.39, 0.29) is 35.4 Å². The number of piperazine rings is 1. The van der Waals surface area contributed by atoms with E-state index in [1.807, 2.05) is 0 Å². The molecule has 0 aliphatic carbocycles. The van der Waals surface area contributed by atoms with Crippen LogP contribution in [-0.2, 0) is 11.2 Å². The van der Waals surface area contributed by atoms with E-state index < -0.39 is 4.92 Å². The molecule has 4 rings (SSSR count). The highest BCUT2D eigenvalue weighted by atomic mass is 19.1. The van der Waals surface area contributed by atoms with E-state index >= 15 is 0 Å². The molecule has 0 atom stereocenters. The van der Waals surface area contributed by atoms with Crippen molar-refractivity contribution in [2.75, 3.05) is 26.2 Å². The summed E-state index contributed by atoms with van der Waals surface area (Å²) >= 11 is 0. The summed E-state index contributed by atoms with van der Waals surface area (Å²) in [7, 11) is 0. The molecule has 0 N–H and O–H groups in total. The van der Waals surface area contributed by atoms with Crippen molar-refractivity contribution in [1.29, 1.82) is 0 Å². The summed E-state index contributed by atoms with van der Waals surface area (Å²) < 4.78 is 14.4. The third kappa shape index (κ3) is 4.71. The molecule has 0 unspecified atom stereocenters. The topological polar surface area (TPSA) is 114 Å². The van der Waals surface area contributed by atoms with Crippen LogP contribution < -0.4 is 0 Å². The lowest BCUT2D eigenvalue weighted by Gasteiger charge is -2.34. The number of rotatable bonds is 5. The van der Waals surface area contributed by atoms with Gasteiger partial charge >= 0.3 is 0 Å². The van der Waals surface area contributed by atoms with Gasteiger partial charge in [0, 0.05) is 38.3 Å². The lowest BCUT2D eigenvalue weighted by Crippen LogP contribution is -2.51. The summed E-state index contributed by atoms with van der Waals surface area (Å²) in [6.07, 6.45) is 0.172. The molecule has 2 aromatic carbocycles. The van der Waals surface area contributed by atoms with Gasteiger partial charge in [-0.3, -0.25) is 19.7 Å². The fourth-order valence-electron chi connectivity index (χ4n) is 3.71. The monoisotopic (exact) mass is 452 g/mol. The quantitative estimate of drug-likeness (QED) is 0.433. The van der Waals surface area contributed by atoms with Crippen LogP contribution in [0.15, 0.2) is 48.5 Å². The zero-order chi connectivity index (χ0) is 23.5. The molecule has 11 heteroatoms. The van der Waals surface area contributed by atoms with Crippen LogP contribution in [-0.4, -0.2) is 67.7 Å². The van der Waals surface area contributed by atoms with Gasteiger partial charge in [0.2, 0.25) is 5.91 Å². The lowest BCUT2D eigenvalue weighted by atomic mass is 10.1. The van der Waals surface area contributed by atoms with Crippen LogP contribution in [0.1, 0.15) is 21.7 Å². The van der Waals surface area contributed by atoms with Crippen LogP contribution in [0.5, 0.6) is 0 Å². The molecule has 0 bridgehead atoms. The van der Waals surface area contributed by atoms with E-state index in [0.29, 0.717) is 37.6 Å². The van der Waals surface area contributed by atoms with Gasteiger partial charge < -0.3 is 9.80 Å². The molecule has 3 aromatic rings. The minimum Gasteiger partial charge on any atom is -0.339 e. The molecule has 2 amide bonds. The molecule has 0 spiro atoms. The number of non-ortho nitro benzene ring substituents is 1. The number of carbonyl (C=O) groups is 2. The van der Waals surface area contributed by atoms with Crippen molar-refractivity contribution in [3.05, 3.63) is 81.4 Å². The van der Waals surface area contributed by atoms with Crippen molar-refractivity contribution in [1.82, 2.24) is 24.8 Å². The van der Waals surface area contributed by atoms with Gasteiger partial charge in [-0.2, -0.15) is 0 Å². The van der Waals surface area contributed by atoms with E-state index in [1.54, 1.807) is 34.9 Å². The molecule has 170 valence electrons. The summed E-state index contributed by atoms with van der Waals surface area (Å²) in [6.45, 7) is 3.12. The number of nitro benzene ring substituents is 1. The second-order valence-electron chi connectivity index (χ2n) is 7.69. The summed E-state index contributed by atoms with van der Waals surface area (Å²) in [4.78, 5) is 39.4. The molecule has 1 fully saturated rings. The van der Waals surface area contributed by atoms with Crippen molar-refractivity contribution in [2.45, 2.75) is 13.3 Å². The molecule has 1 aliphatic heterocycles. The first-order chi connectivity index (χ1) is 15.8. The number of halogens is 1. The molecular weight excluding hydrogens is 431 g/mol. The van der Waals surface area contributed by atoms with Crippen molar-refractivity contribution < 1.29 is 18.9 Å². The summed E-state index contributed by atoms with van der Waals surface area (Å²) in [5.41, 5.74) is 1.71. The minimum absolute atomic E-state index is 0.0819. The van der Waals surface area contributed by atoms with Gasteiger partial charge in [0.25, 0.3) is 11.6 Å². The number of hydrogen-bond acceptors (Lipinski definition) is 6. The van der Waals surface area contributed by atoms with Crippen LogP contribution in [0, 0.1) is 22.9 Å². The predicted molar refractivity (Wildman–Crippen MR) is 115 cm³/mol. The van der Waals surface area contributed by atoms with Crippen molar-refractivity contribution in [3.8, 4) is 5.69 Å². The summed E-state index contributed by atoms with van der Waals surface area (Å²) in [5, 5.41) is 19.0. The molecule has 0 radical (unpaired) electrons. The normalized spacial score (nSPS) is 13.8. The van der Waals surface area contributed by atoms with Gasteiger partial charge in [-0.25, -0.2) is 9.07 Å². The van der Waals surface area contributed by atoms with E-state index in [4.69, 9.17) is 0 Å². The third-order valence-corrected chi connectivity index (χ3v) is 5.57. The average molecular weight is 452 g/mol. The highest BCUT2D eigenvalue weighted by molar-refractivity contribution is 5.93. The van der Waals surface area contributed by atoms with Crippen LogP contribution in [0.4, 0.5) is 10.1 Å². The maximum atomic E-state index is 13.0. The highest BCUT2D eigenvalue weighted by Crippen LogP contribution is 2.19. The van der Waals surface area contributed by atoms with Gasteiger partial charge in [-0.15, -0.1) is 5.10 Å². The van der Waals surface area contributed by atoms with Gasteiger partial charge in [0.1, 0.15) is 5.82 Å². The first-order valence-corrected chi connectivity index (χ1v) is 10.3. The third-order valence-electron chi connectivity index (χ3n) is 5.57. The van der Waals surface area contributed by atoms with Gasteiger partial charge in [-0.05, 0) is 30.7 Å². The Labute approximate surface area is 188 Å². The number of amides is 2. The standard InChI is InChI=1S/C22H21FN6O4/c1-15-21(24-25-28(15)18-3-2-4-19(14-18)29(32)33)22(31)27-11-9-26(10-12-27)20(30)13-16-5-7-17(23)8-6-16/h2-8,14H,9-13H2,1H3. The zero-order valence-corrected chi connectivity index (χ0v) is 17.8. The number of nitrogens with zero attached hydrogens (tertiary/aromatic N) is 6. The Morgan fingerprint density at radius 1 is 1.06 bits per heavy atom. The van der Waals surface area contributed by atoms with Crippen molar-refractivity contribution in [3.63, 3.8) is 0 Å². The average Bonchev–Trinajstić information content (AvgIpc) is 3.21. The lowest BCUT2D eigenvalue weighted by molar-refractivity contribution is -0.384. The van der Waals surface area contributed by atoms with E-state index in [1.165, 1.54) is 35.0 Å². The van der Waals surface area contributed by atoms with Gasteiger partial charge in [0.15, 0.2) is 5.69 Å². The largest absolute Gasteiger partial charge is 0.339 e. The van der Waals surface area contributed by atoms with Crippen molar-refractivity contribution >= 4 is 17.5 Å². The first kappa shape index (κ1) is 22.1. The maximum absolute atomic E-state index is 13.0. The molecule has 1 aliphatic rings. The second kappa shape index (κ2) is 9.15. The molecular formula is C22H21FN6O4. The van der Waals surface area contributed by atoms with Gasteiger partial charge in [0.05, 0.1) is 22.7 Å². The zero-order valence-electron chi connectivity index (χ0n) is 17.8. The highest BCUT2D eigenvalue weighted by Gasteiger charge is 2.28. The number of aromatic nitrogens is 3. The van der Waals surface area contributed by atoms with Crippen molar-refractivity contribution in [2.24, 2.45) is 0 Å². The Hall–Kier alpha value is -4.15. The summed E-state index contributed by atoms with van der Waals surface area (Å²) in [5.74, 6) is -0.743. The Kier molecular flexibility index (Phi) is 6.11. The SMILES string of the molecule is Cc1c(C(=O)N2CCN(C(=O)Cc3ccc(F)cc3)CC2)nnn1-c1cccc([N+](=O)[O-])c1. The molecule has 1 saturated heterocycles. The number of benzene rings is 2.